The number of pyridine rings is 2. The minimum atomic E-state index is -4.45. The number of nitrogens with two attached hydrogens (primary N) is 1. The van der Waals surface area contributed by atoms with Crippen LogP contribution in [0.1, 0.15) is 23.2 Å². The summed E-state index contributed by atoms with van der Waals surface area (Å²) in [4.78, 5) is 20.5. The maximum absolute atomic E-state index is 14.3. The summed E-state index contributed by atoms with van der Waals surface area (Å²) in [6, 6.07) is 16.1. The summed E-state index contributed by atoms with van der Waals surface area (Å²) >= 11 is 6.47. The van der Waals surface area contributed by atoms with Crippen molar-refractivity contribution in [2.24, 2.45) is 0 Å². The maximum atomic E-state index is 14.3. The van der Waals surface area contributed by atoms with Gasteiger partial charge in [0, 0.05) is 34.8 Å². The van der Waals surface area contributed by atoms with Crippen LogP contribution >= 0.6 is 11.6 Å². The second-order valence-corrected chi connectivity index (χ2v) is 12.3. The van der Waals surface area contributed by atoms with Gasteiger partial charge in [0.05, 0.1) is 23.2 Å². The number of ether oxygens (including phenoxy) is 1. The number of hydrogen-bond donors (Lipinski definition) is 3. The fourth-order valence-corrected chi connectivity index (χ4v) is 6.07. The Morgan fingerprint density at radius 3 is 2.48 bits per heavy atom. The Morgan fingerprint density at radius 1 is 1.00 bits per heavy atom. The predicted molar refractivity (Wildman–Crippen MR) is 164 cm³/mol. The Balaban J connectivity index is 1.34. The second-order valence-electron chi connectivity index (χ2n) is 10.2. The number of halogens is 3. The van der Waals surface area contributed by atoms with Gasteiger partial charge < -0.3 is 15.8 Å². The average Bonchev–Trinajstić information content (AvgIpc) is 3.80. The number of benzene rings is 3. The van der Waals surface area contributed by atoms with E-state index >= 15 is 0 Å². The first-order valence-corrected chi connectivity index (χ1v) is 15.2. The summed E-state index contributed by atoms with van der Waals surface area (Å²) < 4.78 is 61.1. The standard InChI is InChI=1S/C31H24ClF2N5O4S/c1-43-31-27(39-44(41,42)28-9-4-20(33)14-25(28)34)13-19(15-36-31)16-3-8-26-18(10-16)11-23(29(35)38-26)17-2-7-22(24(32)12-17)30(40)37-21-5-6-21/h2-4,7-15,21,39H,5-6H2,1H3,(H2,35,38)(H,37,40). The molecule has 0 aliphatic heterocycles. The zero-order valence-corrected chi connectivity index (χ0v) is 24.6. The van der Waals surface area contributed by atoms with Gasteiger partial charge in [0.15, 0.2) is 0 Å². The summed E-state index contributed by atoms with van der Waals surface area (Å²) in [7, 11) is -3.14. The Labute approximate surface area is 256 Å². The van der Waals surface area contributed by atoms with Crippen LogP contribution in [0.5, 0.6) is 5.88 Å². The lowest BCUT2D eigenvalue weighted by Gasteiger charge is -2.14. The van der Waals surface area contributed by atoms with E-state index in [2.05, 4.69) is 20.0 Å². The fourth-order valence-electron chi connectivity index (χ4n) is 4.70. The number of amides is 1. The highest BCUT2D eigenvalue weighted by Gasteiger charge is 2.25. The minimum absolute atomic E-state index is 0.0506. The van der Waals surface area contributed by atoms with Crippen molar-refractivity contribution in [1.29, 1.82) is 0 Å². The summed E-state index contributed by atoms with van der Waals surface area (Å²) in [5.74, 6) is -2.16. The average molecular weight is 636 g/mol. The number of aromatic nitrogens is 2. The van der Waals surface area contributed by atoms with Crippen LogP contribution in [-0.2, 0) is 10.0 Å². The van der Waals surface area contributed by atoms with E-state index in [-0.39, 0.29) is 34.4 Å². The monoisotopic (exact) mass is 635 g/mol. The first-order valence-electron chi connectivity index (χ1n) is 13.4. The van der Waals surface area contributed by atoms with Gasteiger partial charge in [-0.3, -0.25) is 9.52 Å². The molecular weight excluding hydrogens is 612 g/mol. The van der Waals surface area contributed by atoms with Gasteiger partial charge in [0.1, 0.15) is 28.0 Å². The molecule has 0 saturated heterocycles. The van der Waals surface area contributed by atoms with E-state index in [1.54, 1.807) is 30.3 Å². The van der Waals surface area contributed by atoms with E-state index in [0.29, 0.717) is 44.8 Å². The number of anilines is 2. The molecule has 1 aliphatic rings. The molecule has 0 atom stereocenters. The number of methoxy groups -OCH3 is 1. The normalized spacial score (nSPS) is 13.1. The summed E-state index contributed by atoms with van der Waals surface area (Å²) in [6.07, 6.45) is 3.41. The zero-order valence-electron chi connectivity index (χ0n) is 23.1. The van der Waals surface area contributed by atoms with Gasteiger partial charge in [-0.1, -0.05) is 23.7 Å². The molecular formula is C31H24ClF2N5O4S. The van der Waals surface area contributed by atoms with Crippen molar-refractivity contribution in [3.8, 4) is 28.1 Å². The number of fused-ring (bicyclic) bond motifs is 1. The smallest absolute Gasteiger partial charge is 0.264 e. The Bertz CT molecular complexity index is 2070. The number of hydrogen-bond acceptors (Lipinski definition) is 7. The number of rotatable bonds is 8. The van der Waals surface area contributed by atoms with Crippen LogP contribution in [0.2, 0.25) is 5.02 Å². The van der Waals surface area contributed by atoms with Crippen molar-refractivity contribution >= 4 is 49.9 Å². The highest BCUT2D eigenvalue weighted by Crippen LogP contribution is 2.35. The van der Waals surface area contributed by atoms with Crippen LogP contribution < -0.4 is 20.5 Å². The van der Waals surface area contributed by atoms with Crippen LogP contribution in [0.15, 0.2) is 77.8 Å². The second kappa shape index (κ2) is 11.4. The van der Waals surface area contributed by atoms with Gasteiger partial charge in [-0.15, -0.1) is 0 Å². The zero-order chi connectivity index (χ0) is 31.2. The summed E-state index contributed by atoms with van der Waals surface area (Å²) in [6.45, 7) is 0. The number of carbonyl (C=O) groups is 1. The van der Waals surface area contributed by atoms with Gasteiger partial charge in [-0.25, -0.2) is 27.2 Å². The van der Waals surface area contributed by atoms with E-state index in [0.717, 1.165) is 25.0 Å². The van der Waals surface area contributed by atoms with E-state index in [1.165, 1.54) is 19.4 Å². The summed E-state index contributed by atoms with van der Waals surface area (Å²) in [5, 5.41) is 3.92. The molecule has 6 rings (SSSR count). The van der Waals surface area contributed by atoms with E-state index in [1.807, 2.05) is 12.1 Å². The van der Waals surface area contributed by atoms with Gasteiger partial charge >= 0.3 is 0 Å². The number of nitrogens with zero attached hydrogens (tertiary/aromatic N) is 2. The van der Waals surface area contributed by atoms with Gasteiger partial charge in [-0.05, 0) is 72.5 Å². The molecule has 0 radical (unpaired) electrons. The maximum Gasteiger partial charge on any atom is 0.264 e. The molecule has 5 aromatic rings. The molecule has 0 bridgehead atoms. The van der Waals surface area contributed by atoms with Crippen LogP contribution in [0.4, 0.5) is 20.3 Å². The lowest BCUT2D eigenvalue weighted by Crippen LogP contribution is -2.25. The van der Waals surface area contributed by atoms with Crippen LogP contribution in [0.25, 0.3) is 33.2 Å². The van der Waals surface area contributed by atoms with Crippen molar-refractivity contribution in [3.05, 3.63) is 95.1 Å². The Morgan fingerprint density at radius 2 is 1.77 bits per heavy atom. The molecule has 1 saturated carbocycles. The van der Waals surface area contributed by atoms with Gasteiger partial charge in [-0.2, -0.15) is 0 Å². The number of sulfonamides is 1. The topological polar surface area (TPSA) is 136 Å². The predicted octanol–water partition coefficient (Wildman–Crippen LogP) is 6.18. The largest absolute Gasteiger partial charge is 0.480 e. The Hall–Kier alpha value is -4.81. The molecule has 1 amide bonds. The first kappa shape index (κ1) is 29.3. The number of nitrogen functional groups attached to an aromatic ring is 1. The molecule has 0 spiro atoms. The quantitative estimate of drug-likeness (QED) is 0.185. The summed E-state index contributed by atoms with van der Waals surface area (Å²) in [5.41, 5.74) is 9.67. The van der Waals surface area contributed by atoms with Crippen molar-refractivity contribution < 1.29 is 26.7 Å². The lowest BCUT2D eigenvalue weighted by atomic mass is 10.00. The van der Waals surface area contributed by atoms with E-state index in [4.69, 9.17) is 22.1 Å². The van der Waals surface area contributed by atoms with Crippen molar-refractivity contribution in [2.75, 3.05) is 17.6 Å². The highest BCUT2D eigenvalue weighted by molar-refractivity contribution is 7.92. The molecule has 3 aromatic carbocycles. The molecule has 2 aromatic heterocycles. The van der Waals surface area contributed by atoms with Crippen LogP contribution in [0.3, 0.4) is 0 Å². The van der Waals surface area contributed by atoms with Crippen LogP contribution in [-0.4, -0.2) is 37.4 Å². The van der Waals surface area contributed by atoms with Gasteiger partial charge in [0.25, 0.3) is 15.9 Å². The molecule has 224 valence electrons. The lowest BCUT2D eigenvalue weighted by molar-refractivity contribution is 0.0951. The molecule has 13 heteroatoms. The SMILES string of the molecule is COc1ncc(-c2ccc3nc(N)c(-c4ccc(C(=O)NC5CC5)c(Cl)c4)cc3c2)cc1NS(=O)(=O)c1ccc(F)cc1F. The van der Waals surface area contributed by atoms with Crippen molar-refractivity contribution in [2.45, 2.75) is 23.8 Å². The molecule has 1 aliphatic carbocycles. The molecule has 4 N–H and O–H groups in total. The van der Waals surface area contributed by atoms with Gasteiger partial charge in [0.2, 0.25) is 5.88 Å². The molecule has 2 heterocycles. The highest BCUT2D eigenvalue weighted by atomic mass is 35.5. The fraction of sp³-hybridized carbons (Fsp3) is 0.129. The minimum Gasteiger partial charge on any atom is -0.480 e. The first-order chi connectivity index (χ1) is 21.0. The van der Waals surface area contributed by atoms with E-state index in [9.17, 15) is 22.0 Å². The molecule has 0 unspecified atom stereocenters. The molecule has 9 nitrogen and oxygen atoms in total. The number of carbonyl (C=O) groups excluding carboxylic acids is 1. The Kier molecular flexibility index (Phi) is 7.56. The van der Waals surface area contributed by atoms with Crippen LogP contribution in [0, 0.1) is 11.6 Å². The molecule has 44 heavy (non-hydrogen) atoms. The third-order valence-electron chi connectivity index (χ3n) is 7.09. The molecule has 1 fully saturated rings. The van der Waals surface area contributed by atoms with E-state index < -0.39 is 26.6 Å². The number of nitrogens with one attached hydrogen (secondary N) is 2. The third-order valence-corrected chi connectivity index (χ3v) is 8.80. The third kappa shape index (κ3) is 5.86. The van der Waals surface area contributed by atoms with Crippen molar-refractivity contribution in [3.63, 3.8) is 0 Å². The van der Waals surface area contributed by atoms with Crippen molar-refractivity contribution in [1.82, 2.24) is 15.3 Å².